The molecule has 0 bridgehead atoms. The summed E-state index contributed by atoms with van der Waals surface area (Å²) in [6.07, 6.45) is 6.89. The first-order chi connectivity index (χ1) is 15.1. The molecular weight excluding hydrogens is 392 g/mol. The number of methoxy groups -OCH3 is 1. The Morgan fingerprint density at radius 1 is 1.26 bits per heavy atom. The van der Waals surface area contributed by atoms with E-state index in [1.54, 1.807) is 19.4 Å². The number of ether oxygens (including phenoxy) is 1. The second-order valence-corrected chi connectivity index (χ2v) is 8.29. The maximum Gasteiger partial charge on any atom is 0.336 e. The van der Waals surface area contributed by atoms with E-state index < -0.39 is 5.97 Å². The van der Waals surface area contributed by atoms with Crippen molar-refractivity contribution in [2.24, 2.45) is 0 Å². The zero-order valence-electron chi connectivity index (χ0n) is 17.7. The molecule has 1 saturated heterocycles. The van der Waals surface area contributed by atoms with Gasteiger partial charge in [-0.3, -0.25) is 10.00 Å². The number of benzene rings is 2. The Morgan fingerprint density at radius 3 is 2.94 bits per heavy atom. The van der Waals surface area contributed by atoms with Crippen LogP contribution in [-0.2, 0) is 6.54 Å². The zero-order valence-corrected chi connectivity index (χ0v) is 17.7. The Labute approximate surface area is 180 Å². The number of rotatable bonds is 5. The molecule has 0 saturated carbocycles. The summed E-state index contributed by atoms with van der Waals surface area (Å²) in [7, 11) is 1.73. The molecular formula is C24H26N4O3. The van der Waals surface area contributed by atoms with Crippen molar-refractivity contribution in [1.82, 2.24) is 20.1 Å². The summed E-state index contributed by atoms with van der Waals surface area (Å²) in [4.78, 5) is 17.5. The molecule has 7 nitrogen and oxygen atoms in total. The van der Waals surface area contributed by atoms with Crippen LogP contribution in [0.4, 0.5) is 0 Å². The van der Waals surface area contributed by atoms with Crippen LogP contribution in [0.25, 0.3) is 21.8 Å². The summed E-state index contributed by atoms with van der Waals surface area (Å²) in [5.41, 5.74) is 5.70. The van der Waals surface area contributed by atoms with Crippen molar-refractivity contribution >= 4 is 27.8 Å². The quantitative estimate of drug-likeness (QED) is 0.433. The third kappa shape index (κ3) is 3.25. The maximum absolute atomic E-state index is 11.6. The van der Waals surface area contributed by atoms with Gasteiger partial charge in [-0.25, -0.2) is 4.79 Å². The van der Waals surface area contributed by atoms with E-state index in [1.165, 1.54) is 16.5 Å². The van der Waals surface area contributed by atoms with Crippen LogP contribution in [0.5, 0.6) is 5.75 Å². The number of hydrogen-bond acceptors (Lipinski definition) is 4. The smallest absolute Gasteiger partial charge is 0.336 e. The molecule has 0 radical (unpaired) electrons. The van der Waals surface area contributed by atoms with Gasteiger partial charge in [0.05, 0.1) is 24.4 Å². The number of fused-ring (bicyclic) bond motifs is 2. The maximum atomic E-state index is 11.6. The molecule has 2 aromatic heterocycles. The lowest BCUT2D eigenvalue weighted by Gasteiger charge is -2.36. The highest BCUT2D eigenvalue weighted by atomic mass is 16.5. The minimum absolute atomic E-state index is 0.180. The van der Waals surface area contributed by atoms with Crippen LogP contribution in [0.2, 0.25) is 0 Å². The van der Waals surface area contributed by atoms with Gasteiger partial charge in [-0.1, -0.05) is 12.5 Å². The van der Waals surface area contributed by atoms with E-state index in [4.69, 9.17) is 4.74 Å². The summed E-state index contributed by atoms with van der Waals surface area (Å²) in [5, 5.41) is 18.6. The van der Waals surface area contributed by atoms with Crippen molar-refractivity contribution in [3.05, 3.63) is 58.9 Å². The van der Waals surface area contributed by atoms with Crippen LogP contribution in [0.15, 0.2) is 36.7 Å². The number of nitrogens with zero attached hydrogens (tertiary/aromatic N) is 2. The molecule has 3 N–H and O–H groups in total. The summed E-state index contributed by atoms with van der Waals surface area (Å²) >= 11 is 0. The van der Waals surface area contributed by atoms with Gasteiger partial charge in [0, 0.05) is 40.6 Å². The van der Waals surface area contributed by atoms with Gasteiger partial charge in [0.2, 0.25) is 0 Å². The standard InChI is InChI=1S/C24H26N4O3/c1-14-11-21(31-2)19(15-8-9-25-22(14)15)13-28-10-4-3-5-20(28)17-7-6-16(24(29)30)18-12-26-27-23(17)18/h6-9,11-12,20,25H,3-5,10,13H2,1-2H3,(H,26,27)(H,29,30)/t20-/m1/s1. The van der Waals surface area contributed by atoms with Crippen LogP contribution >= 0.6 is 0 Å². The van der Waals surface area contributed by atoms with Gasteiger partial charge in [-0.05, 0) is 55.6 Å². The third-order valence-electron chi connectivity index (χ3n) is 6.54. The van der Waals surface area contributed by atoms with Crippen LogP contribution in [-0.4, -0.2) is 44.8 Å². The molecule has 0 amide bonds. The van der Waals surface area contributed by atoms with Crippen LogP contribution in [0.1, 0.15) is 52.4 Å². The zero-order chi connectivity index (χ0) is 21.5. The number of nitrogens with one attached hydrogen (secondary N) is 2. The summed E-state index contributed by atoms with van der Waals surface area (Å²) in [6, 6.07) is 8.06. The summed E-state index contributed by atoms with van der Waals surface area (Å²) in [5.74, 6) is -0.0282. The van der Waals surface area contributed by atoms with E-state index in [0.717, 1.165) is 54.7 Å². The van der Waals surface area contributed by atoms with Crippen molar-refractivity contribution in [3.63, 3.8) is 0 Å². The molecule has 7 heteroatoms. The average Bonchev–Trinajstić information content (AvgIpc) is 3.45. The van der Waals surface area contributed by atoms with E-state index >= 15 is 0 Å². The number of carboxylic acids is 1. The normalized spacial score (nSPS) is 17.4. The summed E-state index contributed by atoms with van der Waals surface area (Å²) in [6.45, 7) is 3.83. The minimum atomic E-state index is -0.933. The number of hydrogen-bond donors (Lipinski definition) is 3. The second kappa shape index (κ2) is 7.74. The lowest BCUT2D eigenvalue weighted by Crippen LogP contribution is -2.33. The lowest BCUT2D eigenvalue weighted by atomic mass is 9.91. The van der Waals surface area contributed by atoms with Gasteiger partial charge in [0.25, 0.3) is 0 Å². The van der Waals surface area contributed by atoms with Gasteiger partial charge in [0.15, 0.2) is 0 Å². The molecule has 4 aromatic rings. The van der Waals surface area contributed by atoms with Crippen molar-refractivity contribution in [1.29, 1.82) is 0 Å². The molecule has 1 fully saturated rings. The van der Waals surface area contributed by atoms with E-state index in [-0.39, 0.29) is 11.6 Å². The molecule has 1 aliphatic rings. The SMILES string of the molecule is COc1cc(C)c2[nH]ccc2c1CN1CCCC[C@@H]1c1ccc(C(=O)O)c2cn[nH]c12. The van der Waals surface area contributed by atoms with Gasteiger partial charge in [0.1, 0.15) is 5.75 Å². The lowest BCUT2D eigenvalue weighted by molar-refractivity contribution is 0.0699. The molecule has 3 heterocycles. The number of piperidine rings is 1. The molecule has 160 valence electrons. The van der Waals surface area contributed by atoms with E-state index in [9.17, 15) is 9.90 Å². The second-order valence-electron chi connectivity index (χ2n) is 8.29. The Kier molecular flexibility index (Phi) is 4.90. The largest absolute Gasteiger partial charge is 0.496 e. The van der Waals surface area contributed by atoms with E-state index in [0.29, 0.717) is 5.39 Å². The van der Waals surface area contributed by atoms with Crippen molar-refractivity contribution in [2.75, 3.05) is 13.7 Å². The highest BCUT2D eigenvalue weighted by Gasteiger charge is 2.28. The highest BCUT2D eigenvalue weighted by Crippen LogP contribution is 2.39. The number of carbonyl (C=O) groups is 1. The molecule has 2 aromatic carbocycles. The van der Waals surface area contributed by atoms with Crippen LogP contribution < -0.4 is 4.74 Å². The fourth-order valence-electron chi connectivity index (χ4n) is 5.04. The van der Waals surface area contributed by atoms with Crippen LogP contribution in [0.3, 0.4) is 0 Å². The Morgan fingerprint density at radius 2 is 2.13 bits per heavy atom. The number of aryl methyl sites for hydroxylation is 1. The average molecular weight is 418 g/mol. The number of aromatic nitrogens is 3. The Hall–Kier alpha value is -3.32. The first-order valence-electron chi connectivity index (χ1n) is 10.7. The first-order valence-corrected chi connectivity index (χ1v) is 10.7. The topological polar surface area (TPSA) is 94.2 Å². The van der Waals surface area contributed by atoms with Gasteiger partial charge >= 0.3 is 5.97 Å². The molecule has 5 rings (SSSR count). The molecule has 31 heavy (non-hydrogen) atoms. The summed E-state index contributed by atoms with van der Waals surface area (Å²) < 4.78 is 5.76. The predicted octanol–water partition coefficient (Wildman–Crippen LogP) is 4.79. The van der Waals surface area contributed by atoms with Gasteiger partial charge < -0.3 is 14.8 Å². The van der Waals surface area contributed by atoms with Gasteiger partial charge in [-0.2, -0.15) is 5.10 Å². The van der Waals surface area contributed by atoms with E-state index in [2.05, 4.69) is 39.1 Å². The highest BCUT2D eigenvalue weighted by molar-refractivity contribution is 6.03. The molecule has 0 aliphatic carbocycles. The fourth-order valence-corrected chi connectivity index (χ4v) is 5.04. The number of aromatic carboxylic acids is 1. The predicted molar refractivity (Wildman–Crippen MR) is 120 cm³/mol. The van der Waals surface area contributed by atoms with Crippen molar-refractivity contribution in [2.45, 2.75) is 38.8 Å². The number of carboxylic acid groups (broad SMARTS) is 1. The van der Waals surface area contributed by atoms with Gasteiger partial charge in [-0.15, -0.1) is 0 Å². The third-order valence-corrected chi connectivity index (χ3v) is 6.54. The molecule has 0 unspecified atom stereocenters. The monoisotopic (exact) mass is 418 g/mol. The van der Waals surface area contributed by atoms with Crippen molar-refractivity contribution < 1.29 is 14.6 Å². The number of H-pyrrole nitrogens is 2. The first kappa shape index (κ1) is 19.6. The number of likely N-dealkylation sites (tertiary alicyclic amines) is 1. The van der Waals surface area contributed by atoms with E-state index in [1.807, 2.05) is 12.3 Å². The fraction of sp³-hybridized carbons (Fsp3) is 0.333. The molecule has 1 aliphatic heterocycles. The minimum Gasteiger partial charge on any atom is -0.496 e. The molecule has 1 atom stereocenters. The van der Waals surface area contributed by atoms with Crippen LogP contribution in [0, 0.1) is 6.92 Å². The Balaban J connectivity index is 1.58. The Bertz CT molecular complexity index is 1270. The van der Waals surface area contributed by atoms with Crippen molar-refractivity contribution in [3.8, 4) is 5.75 Å². The molecule has 0 spiro atoms. The number of aromatic amines is 2.